The van der Waals surface area contributed by atoms with Crippen molar-refractivity contribution in [1.29, 1.82) is 0 Å². The lowest BCUT2D eigenvalue weighted by Crippen LogP contribution is -2.51. The summed E-state index contributed by atoms with van der Waals surface area (Å²) in [4.78, 5) is 36.0. The van der Waals surface area contributed by atoms with Gasteiger partial charge in [-0.3, -0.25) is 20.2 Å². The molecule has 1 aromatic carbocycles. The van der Waals surface area contributed by atoms with Gasteiger partial charge in [-0.15, -0.1) is 0 Å². The van der Waals surface area contributed by atoms with E-state index in [0.29, 0.717) is 21.8 Å². The molecule has 1 fully saturated rings. The highest BCUT2D eigenvalue weighted by molar-refractivity contribution is 7.80. The van der Waals surface area contributed by atoms with Gasteiger partial charge in [0.05, 0.1) is 23.4 Å². The number of nitrogens with one attached hydrogen (secondary N) is 2. The predicted octanol–water partition coefficient (Wildman–Crippen LogP) is 2.45. The Balaban J connectivity index is 2.10. The van der Waals surface area contributed by atoms with E-state index >= 15 is 0 Å². The highest BCUT2D eigenvalue weighted by Crippen LogP contribution is 2.29. The van der Waals surface area contributed by atoms with Gasteiger partial charge in [-0.05, 0) is 62.0 Å². The van der Waals surface area contributed by atoms with Gasteiger partial charge in [0.2, 0.25) is 0 Å². The van der Waals surface area contributed by atoms with E-state index in [0.717, 1.165) is 11.4 Å². The van der Waals surface area contributed by atoms with Crippen molar-refractivity contribution in [3.63, 3.8) is 0 Å². The molecule has 0 spiro atoms. The second kappa shape index (κ2) is 7.57. The normalized spacial score (nSPS) is 13.9. The van der Waals surface area contributed by atoms with Crippen LogP contribution in [0.4, 0.5) is 0 Å². The third kappa shape index (κ3) is 3.56. The minimum atomic E-state index is -0.565. The molecule has 9 heteroatoms. The number of aryl methyl sites for hydroxylation is 1. The monoisotopic (exact) mass is 417 g/mol. The standard InChI is InChI=1S/C19H16ClN3O4S/c1-9-6-12(7-13-16(24)21-19(28)22-17(13)25)10(2)23(9)15-8-11(18(26)27-3)4-5-14(15)20/h4-8H,1-3H3,(H2,21,22,24,25,28). The number of methoxy groups -OCH3 is 1. The van der Waals surface area contributed by atoms with Crippen LogP contribution in [0.1, 0.15) is 27.3 Å². The number of rotatable bonds is 3. The molecule has 1 aliphatic heterocycles. The van der Waals surface area contributed by atoms with Gasteiger partial charge >= 0.3 is 5.97 Å². The Morgan fingerprint density at radius 1 is 1.18 bits per heavy atom. The molecule has 0 atom stereocenters. The number of hydrogen-bond acceptors (Lipinski definition) is 5. The number of hydrogen-bond donors (Lipinski definition) is 2. The van der Waals surface area contributed by atoms with Crippen LogP contribution in [0.3, 0.4) is 0 Å². The van der Waals surface area contributed by atoms with E-state index in [9.17, 15) is 14.4 Å². The van der Waals surface area contributed by atoms with Crippen molar-refractivity contribution in [2.75, 3.05) is 7.11 Å². The Morgan fingerprint density at radius 2 is 1.82 bits per heavy atom. The van der Waals surface area contributed by atoms with Gasteiger partial charge in [-0.1, -0.05) is 11.6 Å². The second-order valence-corrected chi connectivity index (χ2v) is 6.93. The maximum atomic E-state index is 12.1. The Bertz CT molecular complexity index is 1050. The molecule has 2 aromatic rings. The third-order valence-electron chi connectivity index (χ3n) is 4.32. The predicted molar refractivity (Wildman–Crippen MR) is 108 cm³/mol. The summed E-state index contributed by atoms with van der Waals surface area (Å²) in [6.07, 6.45) is 1.49. The van der Waals surface area contributed by atoms with Gasteiger partial charge < -0.3 is 9.30 Å². The van der Waals surface area contributed by atoms with Crippen molar-refractivity contribution in [3.8, 4) is 5.69 Å². The molecule has 0 unspecified atom stereocenters. The quantitative estimate of drug-likeness (QED) is 0.346. The molecule has 1 saturated heterocycles. The van der Waals surface area contributed by atoms with Crippen molar-refractivity contribution in [2.24, 2.45) is 0 Å². The van der Waals surface area contributed by atoms with Crippen LogP contribution in [0, 0.1) is 13.8 Å². The average molecular weight is 418 g/mol. The topological polar surface area (TPSA) is 89.4 Å². The van der Waals surface area contributed by atoms with Crippen LogP contribution in [-0.2, 0) is 14.3 Å². The lowest BCUT2D eigenvalue weighted by Gasteiger charge is -2.16. The summed E-state index contributed by atoms with van der Waals surface area (Å²) in [5.41, 5.74) is 3.09. The average Bonchev–Trinajstić information content (AvgIpc) is 2.91. The van der Waals surface area contributed by atoms with Crippen LogP contribution < -0.4 is 10.6 Å². The first kappa shape index (κ1) is 19.8. The Morgan fingerprint density at radius 3 is 2.43 bits per heavy atom. The SMILES string of the molecule is COC(=O)c1ccc(Cl)c(-n2c(C)cc(C=C3C(=O)NC(=S)NC3=O)c2C)c1. The second-order valence-electron chi connectivity index (χ2n) is 6.12. The molecule has 2 heterocycles. The minimum Gasteiger partial charge on any atom is -0.465 e. The number of carbonyl (C=O) groups excluding carboxylic acids is 3. The summed E-state index contributed by atoms with van der Waals surface area (Å²) in [6, 6.07) is 6.64. The number of ether oxygens (including phenoxy) is 1. The van der Waals surface area contributed by atoms with E-state index in [1.807, 2.05) is 24.5 Å². The first-order valence-electron chi connectivity index (χ1n) is 8.18. The molecule has 0 saturated carbocycles. The zero-order chi connectivity index (χ0) is 20.6. The largest absolute Gasteiger partial charge is 0.465 e. The zero-order valence-electron chi connectivity index (χ0n) is 15.3. The number of esters is 1. The molecule has 3 rings (SSSR count). The number of thiocarbonyl (C=S) groups is 1. The molecule has 0 bridgehead atoms. The lowest BCUT2D eigenvalue weighted by atomic mass is 10.1. The fraction of sp³-hybridized carbons (Fsp3) is 0.158. The summed E-state index contributed by atoms with van der Waals surface area (Å²) in [5.74, 6) is -1.61. The van der Waals surface area contributed by atoms with Gasteiger partial charge in [0.25, 0.3) is 11.8 Å². The zero-order valence-corrected chi connectivity index (χ0v) is 16.8. The van der Waals surface area contributed by atoms with Crippen LogP contribution in [0.5, 0.6) is 0 Å². The summed E-state index contributed by atoms with van der Waals surface area (Å²) in [7, 11) is 1.30. The molecule has 2 amide bonds. The molecule has 2 N–H and O–H groups in total. The van der Waals surface area contributed by atoms with Crippen LogP contribution in [0.25, 0.3) is 11.8 Å². The first-order chi connectivity index (χ1) is 13.2. The van der Waals surface area contributed by atoms with E-state index in [1.54, 1.807) is 18.2 Å². The molecular formula is C19H16ClN3O4S. The van der Waals surface area contributed by atoms with Crippen molar-refractivity contribution in [3.05, 3.63) is 57.4 Å². The van der Waals surface area contributed by atoms with Gasteiger partial charge in [0, 0.05) is 11.4 Å². The molecule has 7 nitrogen and oxygen atoms in total. The maximum absolute atomic E-state index is 12.1. The molecule has 144 valence electrons. The van der Waals surface area contributed by atoms with E-state index < -0.39 is 17.8 Å². The molecule has 28 heavy (non-hydrogen) atoms. The fourth-order valence-electron chi connectivity index (χ4n) is 3.00. The highest BCUT2D eigenvalue weighted by Gasteiger charge is 2.26. The summed E-state index contributed by atoms with van der Waals surface area (Å²) in [6.45, 7) is 3.68. The van der Waals surface area contributed by atoms with Crippen LogP contribution >= 0.6 is 23.8 Å². The summed E-state index contributed by atoms with van der Waals surface area (Å²) < 4.78 is 6.60. The van der Waals surface area contributed by atoms with Crippen molar-refractivity contribution < 1.29 is 19.1 Å². The molecule has 1 aromatic heterocycles. The lowest BCUT2D eigenvalue weighted by molar-refractivity contribution is -0.123. The van der Waals surface area contributed by atoms with E-state index in [4.69, 9.17) is 28.6 Å². The van der Waals surface area contributed by atoms with E-state index in [-0.39, 0.29) is 10.7 Å². The Hall–Kier alpha value is -2.97. The van der Waals surface area contributed by atoms with Gasteiger partial charge in [-0.25, -0.2) is 4.79 Å². The van der Waals surface area contributed by atoms with Gasteiger partial charge in [-0.2, -0.15) is 0 Å². The smallest absolute Gasteiger partial charge is 0.337 e. The van der Waals surface area contributed by atoms with Crippen molar-refractivity contribution in [1.82, 2.24) is 15.2 Å². The number of amides is 2. The molecule has 0 aliphatic carbocycles. The number of carbonyl (C=O) groups is 3. The van der Waals surface area contributed by atoms with Gasteiger partial charge in [0.1, 0.15) is 5.57 Å². The fourth-order valence-corrected chi connectivity index (χ4v) is 3.38. The summed E-state index contributed by atoms with van der Waals surface area (Å²) in [5, 5.41) is 5.22. The number of halogens is 1. The first-order valence-corrected chi connectivity index (χ1v) is 8.97. The van der Waals surface area contributed by atoms with Crippen molar-refractivity contribution in [2.45, 2.75) is 13.8 Å². The van der Waals surface area contributed by atoms with Crippen molar-refractivity contribution >= 4 is 52.8 Å². The van der Waals surface area contributed by atoms with E-state index in [2.05, 4.69) is 10.6 Å². The van der Waals surface area contributed by atoms with Crippen LogP contribution in [0.2, 0.25) is 5.02 Å². The molecular weight excluding hydrogens is 402 g/mol. The molecule has 0 radical (unpaired) electrons. The Labute approximate surface area is 171 Å². The van der Waals surface area contributed by atoms with Gasteiger partial charge in [0.15, 0.2) is 5.11 Å². The maximum Gasteiger partial charge on any atom is 0.337 e. The Kier molecular flexibility index (Phi) is 5.35. The third-order valence-corrected chi connectivity index (χ3v) is 4.85. The summed E-state index contributed by atoms with van der Waals surface area (Å²) >= 11 is 11.2. The number of nitrogens with zero attached hydrogens (tertiary/aromatic N) is 1. The van der Waals surface area contributed by atoms with Crippen LogP contribution in [0.15, 0.2) is 29.8 Å². The van der Waals surface area contributed by atoms with Crippen LogP contribution in [-0.4, -0.2) is 34.6 Å². The van der Waals surface area contributed by atoms with E-state index in [1.165, 1.54) is 13.2 Å². The number of aromatic nitrogens is 1. The highest BCUT2D eigenvalue weighted by atomic mass is 35.5. The number of benzene rings is 1. The molecule has 1 aliphatic rings. The minimum absolute atomic E-state index is 0.0240.